The van der Waals surface area contributed by atoms with E-state index in [4.69, 9.17) is 4.74 Å². The second-order valence-corrected chi connectivity index (χ2v) is 6.36. The highest BCUT2D eigenvalue weighted by Gasteiger charge is 2.26. The molecule has 0 spiro atoms. The maximum absolute atomic E-state index is 5.46. The SMILES string of the molecule is COc1cccc2c(N3CCN(C4CCNC4)CC3)ccnc12. The number of ether oxygens (including phenoxy) is 1. The van der Waals surface area contributed by atoms with Gasteiger partial charge in [-0.25, -0.2) is 0 Å². The van der Waals surface area contributed by atoms with E-state index in [1.807, 2.05) is 18.3 Å². The van der Waals surface area contributed by atoms with E-state index in [-0.39, 0.29) is 0 Å². The van der Waals surface area contributed by atoms with Crippen LogP contribution in [0.5, 0.6) is 5.75 Å². The molecular weight excluding hydrogens is 288 g/mol. The molecule has 2 fully saturated rings. The number of aromatic nitrogens is 1. The molecule has 23 heavy (non-hydrogen) atoms. The lowest BCUT2D eigenvalue weighted by Crippen LogP contribution is -2.51. The van der Waals surface area contributed by atoms with E-state index in [2.05, 4.69) is 32.2 Å². The molecule has 0 bridgehead atoms. The molecule has 122 valence electrons. The molecule has 0 aliphatic carbocycles. The van der Waals surface area contributed by atoms with Crippen LogP contribution in [0.25, 0.3) is 10.9 Å². The molecule has 1 unspecified atom stereocenters. The summed E-state index contributed by atoms with van der Waals surface area (Å²) < 4.78 is 5.46. The smallest absolute Gasteiger partial charge is 0.145 e. The van der Waals surface area contributed by atoms with Gasteiger partial charge in [0.2, 0.25) is 0 Å². The molecule has 1 aromatic carbocycles. The summed E-state index contributed by atoms with van der Waals surface area (Å²) in [4.78, 5) is 9.64. The Hall–Kier alpha value is -1.85. The Kier molecular flexibility index (Phi) is 4.06. The first kappa shape index (κ1) is 14.7. The van der Waals surface area contributed by atoms with Crippen molar-refractivity contribution in [2.24, 2.45) is 0 Å². The summed E-state index contributed by atoms with van der Waals surface area (Å²) in [7, 11) is 1.71. The van der Waals surface area contributed by atoms with Gasteiger partial charge >= 0.3 is 0 Å². The second kappa shape index (κ2) is 6.34. The third-order valence-electron chi connectivity index (χ3n) is 5.14. The molecule has 1 N–H and O–H groups in total. The van der Waals surface area contributed by atoms with E-state index in [1.165, 1.54) is 24.0 Å². The van der Waals surface area contributed by atoms with Gasteiger partial charge in [-0.1, -0.05) is 12.1 Å². The highest BCUT2D eigenvalue weighted by molar-refractivity contribution is 5.95. The van der Waals surface area contributed by atoms with Crippen LogP contribution in [-0.2, 0) is 0 Å². The number of nitrogens with zero attached hydrogens (tertiary/aromatic N) is 3. The van der Waals surface area contributed by atoms with E-state index in [0.29, 0.717) is 0 Å². The molecule has 1 aromatic heterocycles. The fraction of sp³-hybridized carbons (Fsp3) is 0.500. The molecule has 0 radical (unpaired) electrons. The number of benzene rings is 1. The zero-order chi connectivity index (χ0) is 15.6. The number of methoxy groups -OCH3 is 1. The number of nitrogens with one attached hydrogen (secondary N) is 1. The highest BCUT2D eigenvalue weighted by atomic mass is 16.5. The van der Waals surface area contributed by atoms with Gasteiger partial charge in [0.15, 0.2) is 0 Å². The first-order valence-corrected chi connectivity index (χ1v) is 8.48. The third kappa shape index (κ3) is 2.75. The van der Waals surface area contributed by atoms with Crippen LogP contribution in [-0.4, -0.2) is 62.3 Å². The van der Waals surface area contributed by atoms with Gasteiger partial charge in [-0.3, -0.25) is 9.88 Å². The lowest BCUT2D eigenvalue weighted by atomic mass is 10.1. The van der Waals surface area contributed by atoms with Gasteiger partial charge in [0.25, 0.3) is 0 Å². The van der Waals surface area contributed by atoms with Crippen LogP contribution in [0.3, 0.4) is 0 Å². The molecule has 4 rings (SSSR count). The minimum absolute atomic E-state index is 0.728. The Morgan fingerprint density at radius 2 is 2.04 bits per heavy atom. The Bertz CT molecular complexity index is 676. The molecule has 2 aliphatic rings. The maximum atomic E-state index is 5.46. The molecule has 2 aromatic rings. The van der Waals surface area contributed by atoms with Gasteiger partial charge in [0, 0.05) is 56.0 Å². The normalized spacial score (nSPS) is 22.7. The van der Waals surface area contributed by atoms with Crippen LogP contribution in [0.4, 0.5) is 5.69 Å². The number of hydrogen-bond acceptors (Lipinski definition) is 5. The molecule has 0 amide bonds. The summed E-state index contributed by atoms with van der Waals surface area (Å²) in [5.41, 5.74) is 2.23. The summed E-state index contributed by atoms with van der Waals surface area (Å²) in [6.45, 7) is 6.75. The van der Waals surface area contributed by atoms with Gasteiger partial charge in [-0.05, 0) is 25.1 Å². The zero-order valence-corrected chi connectivity index (χ0v) is 13.7. The van der Waals surface area contributed by atoms with Gasteiger partial charge in [-0.2, -0.15) is 0 Å². The number of piperazine rings is 1. The summed E-state index contributed by atoms with van der Waals surface area (Å²) in [6.07, 6.45) is 3.18. The van der Waals surface area contributed by atoms with Crippen LogP contribution in [0.1, 0.15) is 6.42 Å². The maximum Gasteiger partial charge on any atom is 0.145 e. The molecule has 5 heteroatoms. The number of hydrogen-bond donors (Lipinski definition) is 1. The van der Waals surface area contributed by atoms with Crippen molar-refractivity contribution in [2.75, 3.05) is 51.3 Å². The molecule has 5 nitrogen and oxygen atoms in total. The predicted molar refractivity (Wildman–Crippen MR) is 93.4 cm³/mol. The largest absolute Gasteiger partial charge is 0.494 e. The van der Waals surface area contributed by atoms with Crippen LogP contribution in [0.2, 0.25) is 0 Å². The van der Waals surface area contributed by atoms with Crippen molar-refractivity contribution >= 4 is 16.6 Å². The number of fused-ring (bicyclic) bond motifs is 1. The van der Waals surface area contributed by atoms with Crippen molar-refractivity contribution in [1.82, 2.24) is 15.2 Å². The van der Waals surface area contributed by atoms with Crippen molar-refractivity contribution in [3.8, 4) is 5.75 Å². The second-order valence-electron chi connectivity index (χ2n) is 6.36. The van der Waals surface area contributed by atoms with E-state index in [1.54, 1.807) is 7.11 Å². The third-order valence-corrected chi connectivity index (χ3v) is 5.14. The summed E-state index contributed by atoms with van der Waals surface area (Å²) in [5, 5.41) is 4.66. The minimum atomic E-state index is 0.728. The van der Waals surface area contributed by atoms with E-state index < -0.39 is 0 Å². The number of para-hydroxylation sites is 1. The highest BCUT2D eigenvalue weighted by Crippen LogP contribution is 2.31. The average molecular weight is 312 g/mol. The van der Waals surface area contributed by atoms with E-state index in [9.17, 15) is 0 Å². The predicted octanol–water partition coefficient (Wildman–Crippen LogP) is 1.73. The van der Waals surface area contributed by atoms with Crippen molar-refractivity contribution in [3.05, 3.63) is 30.5 Å². The Labute approximate surface area is 137 Å². The standard InChI is InChI=1S/C18H24N4O/c1-23-17-4-2-3-15-16(6-8-20-18(15)17)22-11-9-21(10-12-22)14-5-7-19-13-14/h2-4,6,8,14,19H,5,7,9-13H2,1H3. The molecular formula is C18H24N4O. The molecule has 2 saturated heterocycles. The van der Waals surface area contributed by atoms with Crippen molar-refractivity contribution < 1.29 is 4.74 Å². The van der Waals surface area contributed by atoms with Crippen molar-refractivity contribution in [2.45, 2.75) is 12.5 Å². The Morgan fingerprint density at radius 3 is 2.78 bits per heavy atom. The molecule has 1 atom stereocenters. The average Bonchev–Trinajstić information content (AvgIpc) is 3.15. The quantitative estimate of drug-likeness (QED) is 0.935. The first-order valence-electron chi connectivity index (χ1n) is 8.48. The lowest BCUT2D eigenvalue weighted by Gasteiger charge is -2.39. The number of anilines is 1. The fourth-order valence-electron chi connectivity index (χ4n) is 3.85. The first-order chi connectivity index (χ1) is 11.4. The van der Waals surface area contributed by atoms with Crippen molar-refractivity contribution in [1.29, 1.82) is 0 Å². The van der Waals surface area contributed by atoms with Gasteiger partial charge < -0.3 is 15.0 Å². The molecule has 2 aliphatic heterocycles. The van der Waals surface area contributed by atoms with E-state index >= 15 is 0 Å². The van der Waals surface area contributed by atoms with Crippen LogP contribution in [0, 0.1) is 0 Å². The minimum Gasteiger partial charge on any atom is -0.494 e. The van der Waals surface area contributed by atoms with Crippen LogP contribution in [0.15, 0.2) is 30.5 Å². The summed E-state index contributed by atoms with van der Waals surface area (Å²) >= 11 is 0. The lowest BCUT2D eigenvalue weighted by molar-refractivity contribution is 0.197. The number of pyridine rings is 1. The zero-order valence-electron chi connectivity index (χ0n) is 13.7. The summed E-state index contributed by atoms with van der Waals surface area (Å²) in [6, 6.07) is 9.03. The van der Waals surface area contributed by atoms with Gasteiger partial charge in [0.05, 0.1) is 7.11 Å². The molecule has 0 saturated carbocycles. The topological polar surface area (TPSA) is 40.6 Å². The summed E-state index contributed by atoms with van der Waals surface area (Å²) in [5.74, 6) is 0.847. The van der Waals surface area contributed by atoms with E-state index in [0.717, 1.165) is 50.0 Å². The van der Waals surface area contributed by atoms with Crippen molar-refractivity contribution in [3.63, 3.8) is 0 Å². The van der Waals surface area contributed by atoms with Crippen LogP contribution >= 0.6 is 0 Å². The Morgan fingerprint density at radius 1 is 1.17 bits per heavy atom. The number of rotatable bonds is 3. The Balaban J connectivity index is 1.56. The van der Waals surface area contributed by atoms with Crippen LogP contribution < -0.4 is 15.0 Å². The monoisotopic (exact) mass is 312 g/mol. The van der Waals surface area contributed by atoms with Gasteiger partial charge in [0.1, 0.15) is 11.3 Å². The molecule has 3 heterocycles. The fourth-order valence-corrected chi connectivity index (χ4v) is 3.85. The van der Waals surface area contributed by atoms with Gasteiger partial charge in [-0.15, -0.1) is 0 Å².